The van der Waals surface area contributed by atoms with Gasteiger partial charge >= 0.3 is 6.03 Å². The molecule has 1 aromatic rings. The van der Waals surface area contributed by atoms with Crippen molar-refractivity contribution in [1.29, 1.82) is 0 Å². The van der Waals surface area contributed by atoms with E-state index in [1.54, 1.807) is 0 Å². The monoisotopic (exact) mass is 175 g/mol. The van der Waals surface area contributed by atoms with Gasteiger partial charge < -0.3 is 5.73 Å². The van der Waals surface area contributed by atoms with E-state index in [1.165, 1.54) is 11.2 Å². The SMILES string of the molecule is NC(=O)N1C=NCc2ccccc21. The van der Waals surface area contributed by atoms with E-state index in [0.717, 1.165) is 11.3 Å². The highest BCUT2D eigenvalue weighted by atomic mass is 16.2. The third-order valence-corrected chi connectivity index (χ3v) is 1.95. The van der Waals surface area contributed by atoms with Gasteiger partial charge in [-0.1, -0.05) is 18.2 Å². The van der Waals surface area contributed by atoms with Gasteiger partial charge in [0.05, 0.1) is 18.6 Å². The summed E-state index contributed by atoms with van der Waals surface area (Å²) in [5.74, 6) is 0. The lowest BCUT2D eigenvalue weighted by Crippen LogP contribution is -2.36. The normalized spacial score (nSPS) is 14.0. The molecule has 0 aromatic heterocycles. The average molecular weight is 175 g/mol. The van der Waals surface area contributed by atoms with Crippen molar-refractivity contribution in [2.45, 2.75) is 6.54 Å². The molecule has 1 aliphatic heterocycles. The Morgan fingerprint density at radius 1 is 1.46 bits per heavy atom. The number of benzene rings is 1. The molecule has 13 heavy (non-hydrogen) atoms. The predicted octanol–water partition coefficient (Wildman–Crippen LogP) is 1.11. The van der Waals surface area contributed by atoms with Crippen LogP contribution in [0.25, 0.3) is 0 Å². The largest absolute Gasteiger partial charge is 0.351 e. The van der Waals surface area contributed by atoms with Crippen LogP contribution >= 0.6 is 0 Å². The molecule has 0 saturated heterocycles. The molecule has 1 aliphatic rings. The zero-order valence-corrected chi connectivity index (χ0v) is 6.97. The molecule has 4 nitrogen and oxygen atoms in total. The van der Waals surface area contributed by atoms with Gasteiger partial charge in [-0.2, -0.15) is 0 Å². The van der Waals surface area contributed by atoms with Gasteiger partial charge in [0.25, 0.3) is 0 Å². The van der Waals surface area contributed by atoms with Gasteiger partial charge in [-0.15, -0.1) is 0 Å². The number of nitrogens with zero attached hydrogens (tertiary/aromatic N) is 2. The van der Waals surface area contributed by atoms with Crippen LogP contribution < -0.4 is 10.6 Å². The van der Waals surface area contributed by atoms with Crippen molar-refractivity contribution in [1.82, 2.24) is 0 Å². The Kier molecular flexibility index (Phi) is 1.73. The first kappa shape index (κ1) is 7.79. The minimum atomic E-state index is -0.504. The van der Waals surface area contributed by atoms with Crippen LogP contribution in [-0.2, 0) is 6.54 Å². The van der Waals surface area contributed by atoms with Gasteiger partial charge in [-0.05, 0) is 11.6 Å². The number of aliphatic imine (C=N–C) groups is 1. The molecule has 0 aliphatic carbocycles. The lowest BCUT2D eigenvalue weighted by molar-refractivity contribution is 0.256. The Bertz CT molecular complexity index is 373. The topological polar surface area (TPSA) is 58.7 Å². The van der Waals surface area contributed by atoms with Crippen molar-refractivity contribution in [3.8, 4) is 0 Å². The smallest absolute Gasteiger partial charge is 0.324 e. The number of nitrogens with two attached hydrogens (primary N) is 1. The van der Waals surface area contributed by atoms with Gasteiger partial charge in [-0.3, -0.25) is 9.89 Å². The van der Waals surface area contributed by atoms with Crippen LogP contribution in [0.3, 0.4) is 0 Å². The fraction of sp³-hybridized carbons (Fsp3) is 0.111. The van der Waals surface area contributed by atoms with Crippen LogP contribution in [0.15, 0.2) is 29.3 Å². The third-order valence-electron chi connectivity index (χ3n) is 1.95. The third kappa shape index (κ3) is 1.26. The number of fused-ring (bicyclic) bond motifs is 1. The molecule has 0 unspecified atom stereocenters. The molecule has 1 aromatic carbocycles. The van der Waals surface area contributed by atoms with Crippen LogP contribution in [0.2, 0.25) is 0 Å². The summed E-state index contributed by atoms with van der Waals surface area (Å²) in [4.78, 5) is 16.3. The fourth-order valence-corrected chi connectivity index (χ4v) is 1.34. The maximum absolute atomic E-state index is 11.0. The highest BCUT2D eigenvalue weighted by Crippen LogP contribution is 2.22. The summed E-state index contributed by atoms with van der Waals surface area (Å²) in [6.07, 6.45) is 1.46. The van der Waals surface area contributed by atoms with E-state index in [-0.39, 0.29) is 0 Å². The second-order valence-corrected chi connectivity index (χ2v) is 2.79. The molecule has 1 heterocycles. The van der Waals surface area contributed by atoms with E-state index in [4.69, 9.17) is 5.73 Å². The number of hydrogen-bond donors (Lipinski definition) is 1. The van der Waals surface area contributed by atoms with Gasteiger partial charge in [0.15, 0.2) is 0 Å². The highest BCUT2D eigenvalue weighted by Gasteiger charge is 2.16. The maximum Gasteiger partial charge on any atom is 0.324 e. The lowest BCUT2D eigenvalue weighted by Gasteiger charge is -2.21. The molecule has 4 heteroatoms. The first-order chi connectivity index (χ1) is 6.29. The second kappa shape index (κ2) is 2.90. The van der Waals surface area contributed by atoms with Crippen molar-refractivity contribution >= 4 is 18.1 Å². The number of amides is 2. The second-order valence-electron chi connectivity index (χ2n) is 2.79. The Balaban J connectivity index is 2.48. The molecule has 0 radical (unpaired) electrons. The maximum atomic E-state index is 11.0. The van der Waals surface area contributed by atoms with Gasteiger partial charge in [0.1, 0.15) is 0 Å². The molecule has 0 saturated carbocycles. The van der Waals surface area contributed by atoms with Crippen LogP contribution in [0.5, 0.6) is 0 Å². The molecule has 2 rings (SSSR count). The zero-order valence-electron chi connectivity index (χ0n) is 6.97. The van der Waals surface area contributed by atoms with Crippen LogP contribution in [0.1, 0.15) is 5.56 Å². The summed E-state index contributed by atoms with van der Waals surface area (Å²) in [5.41, 5.74) is 7.02. The molecule has 66 valence electrons. The summed E-state index contributed by atoms with van der Waals surface area (Å²) in [7, 11) is 0. The summed E-state index contributed by atoms with van der Waals surface area (Å²) in [6, 6.07) is 7.07. The molecule has 2 amide bonds. The van der Waals surface area contributed by atoms with Gasteiger partial charge in [0.2, 0.25) is 0 Å². The summed E-state index contributed by atoms with van der Waals surface area (Å²) in [5, 5.41) is 0. The number of anilines is 1. The minimum Gasteiger partial charge on any atom is -0.351 e. The Hall–Kier alpha value is -1.84. The quantitative estimate of drug-likeness (QED) is 0.631. The van der Waals surface area contributed by atoms with Gasteiger partial charge in [-0.25, -0.2) is 4.79 Å². The summed E-state index contributed by atoms with van der Waals surface area (Å²) >= 11 is 0. The number of para-hydroxylation sites is 1. The number of urea groups is 1. The standard InChI is InChI=1S/C9H9N3O/c10-9(13)12-6-11-5-7-3-1-2-4-8(7)12/h1-4,6H,5H2,(H2,10,13). The number of primary amides is 1. The Morgan fingerprint density at radius 3 is 3.00 bits per heavy atom. The number of hydrogen-bond acceptors (Lipinski definition) is 2. The predicted molar refractivity (Wildman–Crippen MR) is 50.7 cm³/mol. The van der Waals surface area contributed by atoms with Gasteiger partial charge in [0, 0.05) is 0 Å². The van der Waals surface area contributed by atoms with Crippen molar-refractivity contribution in [2.24, 2.45) is 10.7 Å². The number of carbonyl (C=O) groups excluding carboxylic acids is 1. The molecule has 2 N–H and O–H groups in total. The van der Waals surface area contributed by atoms with E-state index in [2.05, 4.69) is 4.99 Å². The van der Waals surface area contributed by atoms with Crippen molar-refractivity contribution in [2.75, 3.05) is 4.90 Å². The minimum absolute atomic E-state index is 0.504. The molecule has 0 bridgehead atoms. The average Bonchev–Trinajstić information content (AvgIpc) is 2.17. The van der Waals surface area contributed by atoms with Crippen LogP contribution in [0.4, 0.5) is 10.5 Å². The number of rotatable bonds is 0. The van der Waals surface area contributed by atoms with E-state index < -0.39 is 6.03 Å². The fourth-order valence-electron chi connectivity index (χ4n) is 1.34. The van der Waals surface area contributed by atoms with E-state index in [0.29, 0.717) is 6.54 Å². The first-order valence-electron chi connectivity index (χ1n) is 3.95. The highest BCUT2D eigenvalue weighted by molar-refractivity contribution is 6.08. The lowest BCUT2D eigenvalue weighted by atomic mass is 10.1. The van der Waals surface area contributed by atoms with E-state index in [1.807, 2.05) is 24.3 Å². The van der Waals surface area contributed by atoms with E-state index in [9.17, 15) is 4.79 Å². The molecular formula is C9H9N3O. The van der Waals surface area contributed by atoms with Crippen molar-refractivity contribution in [3.05, 3.63) is 29.8 Å². The van der Waals surface area contributed by atoms with Crippen molar-refractivity contribution in [3.63, 3.8) is 0 Å². The Labute approximate surface area is 75.7 Å². The van der Waals surface area contributed by atoms with Crippen molar-refractivity contribution < 1.29 is 4.79 Å². The van der Waals surface area contributed by atoms with E-state index >= 15 is 0 Å². The Morgan fingerprint density at radius 2 is 2.23 bits per heavy atom. The molecule has 0 fully saturated rings. The zero-order chi connectivity index (χ0) is 9.26. The molecule has 0 spiro atoms. The summed E-state index contributed by atoms with van der Waals surface area (Å²) < 4.78 is 0. The molecule has 0 atom stereocenters. The first-order valence-corrected chi connectivity index (χ1v) is 3.95. The van der Waals surface area contributed by atoms with Crippen LogP contribution in [0, 0.1) is 0 Å². The molecular weight excluding hydrogens is 166 g/mol. The summed E-state index contributed by atoms with van der Waals surface area (Å²) in [6.45, 7) is 0.611. The van der Waals surface area contributed by atoms with Crippen LogP contribution in [-0.4, -0.2) is 12.4 Å². The number of carbonyl (C=O) groups is 1.